The number of rotatable bonds is 4. The Morgan fingerprint density at radius 3 is 2.33 bits per heavy atom. The maximum absolute atomic E-state index is 14.4. The van der Waals surface area contributed by atoms with Crippen LogP contribution < -0.4 is 10.2 Å². The third-order valence-electron chi connectivity index (χ3n) is 9.27. The number of carbonyl (C=O) groups is 3. The van der Waals surface area contributed by atoms with Crippen molar-refractivity contribution in [3.63, 3.8) is 0 Å². The van der Waals surface area contributed by atoms with Crippen LogP contribution in [-0.4, -0.2) is 39.8 Å². The number of hydrogen-bond donors (Lipinski definition) is 2. The van der Waals surface area contributed by atoms with E-state index in [9.17, 15) is 14.4 Å². The molecule has 1 aliphatic carbocycles. The second-order valence-corrected chi connectivity index (χ2v) is 12.0. The molecule has 7 rings (SSSR count). The van der Waals surface area contributed by atoms with Gasteiger partial charge in [-0.1, -0.05) is 92.3 Å². The number of H-pyrrole nitrogens is 1. The SMILES string of the molecule is Cc1ccc([C@H]2c3[nH]c4ccccc4c3C[C@H]3C(=O)N(c4ccccc4C(=O)NC4CCCCCCC4)C(=O)N23)cc1. The summed E-state index contributed by atoms with van der Waals surface area (Å²) in [5.41, 5.74) is 5.77. The first-order valence-electron chi connectivity index (χ1n) is 15.2. The summed E-state index contributed by atoms with van der Waals surface area (Å²) in [5, 5.41) is 4.29. The molecule has 7 nitrogen and oxygen atoms in total. The van der Waals surface area contributed by atoms with Crippen LogP contribution in [0.4, 0.5) is 10.5 Å². The standard InChI is InChI=1S/C35H36N4O3/c1-22-17-19-23(20-18-22)32-31-27(25-13-7-9-15-28(25)37-31)21-30-34(41)39(35(42)38(30)32)29-16-10-8-14-26(29)33(40)36-24-11-5-3-2-4-6-12-24/h7-10,13-20,24,30,32,37H,2-6,11-12,21H2,1H3,(H,36,40)/t30-,32-/m0/s1. The number of imide groups is 1. The van der Waals surface area contributed by atoms with Crippen LogP contribution in [-0.2, 0) is 11.2 Å². The molecule has 3 aliphatic rings. The molecule has 2 N–H and O–H groups in total. The minimum absolute atomic E-state index is 0.103. The molecule has 42 heavy (non-hydrogen) atoms. The highest BCUT2D eigenvalue weighted by molar-refractivity contribution is 6.24. The van der Waals surface area contributed by atoms with Crippen molar-refractivity contribution in [2.24, 2.45) is 0 Å². The van der Waals surface area contributed by atoms with Gasteiger partial charge in [-0.05, 0) is 49.1 Å². The Morgan fingerprint density at radius 2 is 1.55 bits per heavy atom. The van der Waals surface area contributed by atoms with E-state index in [2.05, 4.69) is 16.4 Å². The van der Waals surface area contributed by atoms with Crippen LogP contribution in [0, 0.1) is 6.92 Å². The molecule has 1 saturated heterocycles. The molecule has 0 unspecified atom stereocenters. The van der Waals surface area contributed by atoms with Gasteiger partial charge in [0.15, 0.2) is 0 Å². The van der Waals surface area contributed by atoms with E-state index in [0.717, 1.165) is 59.0 Å². The average Bonchev–Trinajstić information content (AvgIpc) is 3.48. The summed E-state index contributed by atoms with van der Waals surface area (Å²) >= 11 is 0. The number of amides is 4. The summed E-state index contributed by atoms with van der Waals surface area (Å²) in [6, 6.07) is 21.8. The lowest BCUT2D eigenvalue weighted by Gasteiger charge is -2.36. The topological polar surface area (TPSA) is 85.5 Å². The van der Waals surface area contributed by atoms with Crippen LogP contribution in [0.2, 0.25) is 0 Å². The lowest BCUT2D eigenvalue weighted by Crippen LogP contribution is -2.44. The molecule has 3 aromatic carbocycles. The predicted molar refractivity (Wildman–Crippen MR) is 164 cm³/mol. The molecule has 7 heteroatoms. The Kier molecular flexibility index (Phi) is 6.81. The first-order valence-corrected chi connectivity index (χ1v) is 15.2. The molecular formula is C35H36N4O3. The molecule has 4 amide bonds. The number of aromatic amines is 1. The number of para-hydroxylation sites is 2. The Balaban J connectivity index is 1.27. The van der Waals surface area contributed by atoms with Gasteiger partial charge in [-0.15, -0.1) is 0 Å². The fraction of sp³-hybridized carbons (Fsp3) is 0.343. The summed E-state index contributed by atoms with van der Waals surface area (Å²) in [7, 11) is 0. The van der Waals surface area contributed by atoms with E-state index in [1.807, 2.05) is 49.4 Å². The minimum Gasteiger partial charge on any atom is -0.356 e. The van der Waals surface area contributed by atoms with Crippen molar-refractivity contribution in [3.8, 4) is 0 Å². The van der Waals surface area contributed by atoms with E-state index in [0.29, 0.717) is 17.7 Å². The van der Waals surface area contributed by atoms with Crippen LogP contribution in [0.1, 0.15) is 83.7 Å². The van der Waals surface area contributed by atoms with Gasteiger partial charge in [0.1, 0.15) is 12.1 Å². The van der Waals surface area contributed by atoms with Crippen molar-refractivity contribution in [1.29, 1.82) is 0 Å². The van der Waals surface area contributed by atoms with E-state index in [4.69, 9.17) is 0 Å². The zero-order chi connectivity index (χ0) is 28.8. The van der Waals surface area contributed by atoms with E-state index in [1.165, 1.54) is 24.2 Å². The van der Waals surface area contributed by atoms with E-state index < -0.39 is 18.1 Å². The normalized spacial score (nSPS) is 21.2. The number of fused-ring (bicyclic) bond motifs is 4. The van der Waals surface area contributed by atoms with Gasteiger partial charge >= 0.3 is 6.03 Å². The fourth-order valence-electron chi connectivity index (χ4n) is 7.12. The number of aryl methyl sites for hydroxylation is 1. The second-order valence-electron chi connectivity index (χ2n) is 12.0. The number of anilines is 1. The third-order valence-corrected chi connectivity index (χ3v) is 9.27. The van der Waals surface area contributed by atoms with Crippen molar-refractivity contribution in [3.05, 3.63) is 101 Å². The fourth-order valence-corrected chi connectivity index (χ4v) is 7.12. The Hall–Kier alpha value is -4.39. The summed E-state index contributed by atoms with van der Waals surface area (Å²) in [4.78, 5) is 48.8. The molecule has 2 aliphatic heterocycles. The smallest absolute Gasteiger partial charge is 0.332 e. The molecule has 214 valence electrons. The number of urea groups is 1. The summed E-state index contributed by atoms with van der Waals surface area (Å²) < 4.78 is 0. The molecular weight excluding hydrogens is 524 g/mol. The summed E-state index contributed by atoms with van der Waals surface area (Å²) in [5.74, 6) is -0.521. The summed E-state index contributed by atoms with van der Waals surface area (Å²) in [6.45, 7) is 2.03. The third kappa shape index (κ3) is 4.48. The maximum atomic E-state index is 14.4. The molecule has 0 bridgehead atoms. The van der Waals surface area contributed by atoms with Gasteiger partial charge < -0.3 is 10.3 Å². The molecule has 4 aromatic rings. The monoisotopic (exact) mass is 560 g/mol. The lowest BCUT2D eigenvalue weighted by atomic mass is 9.88. The van der Waals surface area contributed by atoms with Crippen LogP contribution in [0.3, 0.4) is 0 Å². The van der Waals surface area contributed by atoms with Gasteiger partial charge in [0, 0.05) is 29.1 Å². The van der Waals surface area contributed by atoms with Gasteiger partial charge in [0.05, 0.1) is 11.3 Å². The molecule has 0 radical (unpaired) electrons. The van der Waals surface area contributed by atoms with Crippen LogP contribution in [0.25, 0.3) is 10.9 Å². The Labute approximate surface area is 245 Å². The van der Waals surface area contributed by atoms with Crippen molar-refractivity contribution in [1.82, 2.24) is 15.2 Å². The summed E-state index contributed by atoms with van der Waals surface area (Å²) in [6.07, 6.45) is 8.16. The Morgan fingerprint density at radius 1 is 0.857 bits per heavy atom. The van der Waals surface area contributed by atoms with Crippen LogP contribution in [0.5, 0.6) is 0 Å². The predicted octanol–water partition coefficient (Wildman–Crippen LogP) is 6.80. The largest absolute Gasteiger partial charge is 0.356 e. The number of aromatic nitrogens is 1. The quantitative estimate of drug-likeness (QED) is 0.269. The number of benzene rings is 3. The zero-order valence-electron chi connectivity index (χ0n) is 23.9. The molecule has 3 heterocycles. The first-order chi connectivity index (χ1) is 20.5. The van der Waals surface area contributed by atoms with Gasteiger partial charge in [-0.2, -0.15) is 0 Å². The van der Waals surface area contributed by atoms with Crippen molar-refractivity contribution >= 4 is 34.4 Å². The maximum Gasteiger partial charge on any atom is 0.332 e. The molecule has 1 saturated carbocycles. The van der Waals surface area contributed by atoms with Crippen molar-refractivity contribution in [2.45, 2.75) is 76.4 Å². The van der Waals surface area contributed by atoms with Crippen LogP contribution in [0.15, 0.2) is 72.8 Å². The van der Waals surface area contributed by atoms with E-state index >= 15 is 0 Å². The number of carbonyl (C=O) groups excluding carboxylic acids is 3. The van der Waals surface area contributed by atoms with E-state index in [1.54, 1.807) is 29.2 Å². The number of nitrogens with one attached hydrogen (secondary N) is 2. The molecule has 1 aromatic heterocycles. The second kappa shape index (κ2) is 10.8. The average molecular weight is 561 g/mol. The first kappa shape index (κ1) is 26.5. The van der Waals surface area contributed by atoms with Crippen molar-refractivity contribution in [2.75, 3.05) is 4.90 Å². The van der Waals surface area contributed by atoms with E-state index in [-0.39, 0.29) is 17.9 Å². The van der Waals surface area contributed by atoms with Gasteiger partial charge in [0.25, 0.3) is 11.8 Å². The molecule has 2 atom stereocenters. The van der Waals surface area contributed by atoms with Crippen molar-refractivity contribution < 1.29 is 14.4 Å². The van der Waals surface area contributed by atoms with Gasteiger partial charge in [-0.25, -0.2) is 9.69 Å². The van der Waals surface area contributed by atoms with Crippen LogP contribution >= 0.6 is 0 Å². The lowest BCUT2D eigenvalue weighted by molar-refractivity contribution is -0.120. The highest BCUT2D eigenvalue weighted by Gasteiger charge is 2.53. The minimum atomic E-state index is -0.669. The molecule has 0 spiro atoms. The number of hydrogen-bond acceptors (Lipinski definition) is 3. The number of nitrogens with zero attached hydrogens (tertiary/aromatic N) is 2. The molecule has 2 fully saturated rings. The Bertz CT molecular complexity index is 1670. The highest BCUT2D eigenvalue weighted by Crippen LogP contribution is 2.45. The zero-order valence-corrected chi connectivity index (χ0v) is 23.9. The van der Waals surface area contributed by atoms with Gasteiger partial charge in [0.2, 0.25) is 0 Å². The highest BCUT2D eigenvalue weighted by atomic mass is 16.2. The van der Waals surface area contributed by atoms with Gasteiger partial charge in [-0.3, -0.25) is 14.5 Å².